The van der Waals surface area contributed by atoms with Crippen molar-refractivity contribution < 1.29 is 4.79 Å². The van der Waals surface area contributed by atoms with Gasteiger partial charge in [-0.3, -0.25) is 4.79 Å². The Labute approximate surface area is 145 Å². The fourth-order valence-corrected chi connectivity index (χ4v) is 2.62. The topological polar surface area (TPSA) is 64.0 Å². The molecule has 3 rings (SSSR count). The van der Waals surface area contributed by atoms with E-state index in [1.54, 1.807) is 6.07 Å². The zero-order chi connectivity index (χ0) is 17.6. The maximum absolute atomic E-state index is 12.1. The molecule has 0 fully saturated rings. The zero-order valence-corrected chi connectivity index (χ0v) is 14.0. The number of aldehydes is 1. The molecule has 0 atom stereocenters. The van der Waals surface area contributed by atoms with E-state index in [4.69, 9.17) is 0 Å². The molecule has 0 saturated heterocycles. The lowest BCUT2D eigenvalue weighted by Crippen LogP contribution is -2.22. The summed E-state index contributed by atoms with van der Waals surface area (Å²) < 4.78 is 1.46. The predicted octanol–water partition coefficient (Wildman–Crippen LogP) is 2.74. The summed E-state index contributed by atoms with van der Waals surface area (Å²) in [6.45, 7) is 0.408. The fourth-order valence-electron chi connectivity index (χ4n) is 2.62. The van der Waals surface area contributed by atoms with Crippen LogP contribution in [0.4, 0.5) is 5.69 Å². The normalized spacial score (nSPS) is 10.4. The standard InChI is InChI=1S/C20H19N3O2/c1-21-18-4-2-3-16(13-18)14-23-20(25)10-9-19(22-23)17-7-5-15(6-8-17)11-12-24/h2-10,12-13,21H,11,14H2,1H3. The van der Waals surface area contributed by atoms with Crippen LogP contribution in [0.2, 0.25) is 0 Å². The molecule has 0 unspecified atom stereocenters. The second-order valence-corrected chi connectivity index (χ2v) is 5.73. The lowest BCUT2D eigenvalue weighted by atomic mass is 10.1. The first-order chi connectivity index (χ1) is 12.2. The first kappa shape index (κ1) is 16.6. The first-order valence-corrected chi connectivity index (χ1v) is 8.07. The molecule has 0 aliphatic heterocycles. The van der Waals surface area contributed by atoms with Gasteiger partial charge < -0.3 is 10.1 Å². The van der Waals surface area contributed by atoms with Gasteiger partial charge in [-0.15, -0.1) is 0 Å². The van der Waals surface area contributed by atoms with Crippen LogP contribution in [0.25, 0.3) is 11.3 Å². The Morgan fingerprint density at radius 3 is 2.56 bits per heavy atom. The van der Waals surface area contributed by atoms with Gasteiger partial charge in [0.1, 0.15) is 6.29 Å². The van der Waals surface area contributed by atoms with Crippen molar-refractivity contribution >= 4 is 12.0 Å². The van der Waals surface area contributed by atoms with Gasteiger partial charge in [0.15, 0.2) is 0 Å². The van der Waals surface area contributed by atoms with Gasteiger partial charge >= 0.3 is 0 Å². The van der Waals surface area contributed by atoms with Gasteiger partial charge in [-0.1, -0.05) is 36.4 Å². The molecule has 5 nitrogen and oxygen atoms in total. The molecule has 0 amide bonds. The van der Waals surface area contributed by atoms with E-state index in [2.05, 4.69) is 10.4 Å². The lowest BCUT2D eigenvalue weighted by Gasteiger charge is -2.09. The molecular weight excluding hydrogens is 314 g/mol. The average Bonchev–Trinajstić information content (AvgIpc) is 2.65. The molecule has 0 radical (unpaired) electrons. The highest BCUT2D eigenvalue weighted by Crippen LogP contribution is 2.17. The molecule has 0 aliphatic rings. The lowest BCUT2D eigenvalue weighted by molar-refractivity contribution is -0.107. The Morgan fingerprint density at radius 1 is 1.04 bits per heavy atom. The van der Waals surface area contributed by atoms with Crippen molar-refractivity contribution in [1.82, 2.24) is 9.78 Å². The molecule has 1 aromatic heterocycles. The number of carbonyl (C=O) groups is 1. The van der Waals surface area contributed by atoms with E-state index >= 15 is 0 Å². The van der Waals surface area contributed by atoms with E-state index in [1.165, 1.54) is 10.7 Å². The number of nitrogens with zero attached hydrogens (tertiary/aromatic N) is 2. The minimum atomic E-state index is -0.142. The van der Waals surface area contributed by atoms with E-state index < -0.39 is 0 Å². The van der Waals surface area contributed by atoms with Gasteiger partial charge in [-0.2, -0.15) is 5.10 Å². The maximum atomic E-state index is 12.1. The van der Waals surface area contributed by atoms with Gasteiger partial charge in [0.2, 0.25) is 0 Å². The zero-order valence-electron chi connectivity index (χ0n) is 14.0. The summed E-state index contributed by atoms with van der Waals surface area (Å²) in [6, 6.07) is 18.8. The van der Waals surface area contributed by atoms with Crippen molar-refractivity contribution in [3.8, 4) is 11.3 Å². The van der Waals surface area contributed by atoms with Crippen molar-refractivity contribution in [1.29, 1.82) is 0 Å². The molecule has 2 aromatic carbocycles. The van der Waals surface area contributed by atoms with E-state index in [0.717, 1.165) is 34.4 Å². The van der Waals surface area contributed by atoms with Crippen LogP contribution in [-0.2, 0) is 17.8 Å². The van der Waals surface area contributed by atoms with Crippen LogP contribution in [0, 0.1) is 0 Å². The summed E-state index contributed by atoms with van der Waals surface area (Å²) in [5.74, 6) is 0. The second-order valence-electron chi connectivity index (χ2n) is 5.73. The van der Waals surface area contributed by atoms with Crippen molar-refractivity contribution in [2.45, 2.75) is 13.0 Å². The van der Waals surface area contributed by atoms with Gasteiger partial charge in [0.05, 0.1) is 12.2 Å². The Morgan fingerprint density at radius 2 is 1.84 bits per heavy atom. The summed E-state index contributed by atoms with van der Waals surface area (Å²) in [7, 11) is 1.86. The predicted molar refractivity (Wildman–Crippen MR) is 98.8 cm³/mol. The second kappa shape index (κ2) is 7.57. The number of hydrogen-bond acceptors (Lipinski definition) is 4. The largest absolute Gasteiger partial charge is 0.388 e. The third kappa shape index (κ3) is 4.01. The number of rotatable bonds is 6. The van der Waals surface area contributed by atoms with Crippen LogP contribution in [0.15, 0.2) is 65.5 Å². The number of nitrogens with one attached hydrogen (secondary N) is 1. The van der Waals surface area contributed by atoms with Crippen LogP contribution < -0.4 is 10.9 Å². The summed E-state index contributed by atoms with van der Waals surface area (Å²) >= 11 is 0. The van der Waals surface area contributed by atoms with E-state index in [-0.39, 0.29) is 5.56 Å². The monoisotopic (exact) mass is 333 g/mol. The van der Waals surface area contributed by atoms with E-state index in [1.807, 2.05) is 55.6 Å². The number of carbonyl (C=O) groups excluding carboxylic acids is 1. The number of benzene rings is 2. The molecule has 0 saturated carbocycles. The van der Waals surface area contributed by atoms with Crippen LogP contribution in [-0.4, -0.2) is 23.1 Å². The van der Waals surface area contributed by atoms with Crippen molar-refractivity contribution in [3.63, 3.8) is 0 Å². The summed E-state index contributed by atoms with van der Waals surface area (Å²) in [5, 5.41) is 7.57. The summed E-state index contributed by atoms with van der Waals surface area (Å²) in [4.78, 5) is 22.7. The van der Waals surface area contributed by atoms with Gasteiger partial charge in [0, 0.05) is 30.8 Å². The third-order valence-electron chi connectivity index (χ3n) is 3.98. The van der Waals surface area contributed by atoms with Crippen LogP contribution >= 0.6 is 0 Å². The van der Waals surface area contributed by atoms with Crippen LogP contribution in [0.5, 0.6) is 0 Å². The Hall–Kier alpha value is -3.21. The van der Waals surface area contributed by atoms with E-state index in [9.17, 15) is 9.59 Å². The molecule has 1 heterocycles. The smallest absolute Gasteiger partial charge is 0.267 e. The molecule has 126 valence electrons. The highest BCUT2D eigenvalue weighted by molar-refractivity contribution is 5.61. The molecule has 5 heteroatoms. The van der Waals surface area contributed by atoms with Crippen molar-refractivity contribution in [2.75, 3.05) is 12.4 Å². The molecular formula is C20H19N3O2. The van der Waals surface area contributed by atoms with Crippen molar-refractivity contribution in [2.24, 2.45) is 0 Å². The molecule has 0 spiro atoms. The Bertz CT molecular complexity index is 930. The van der Waals surface area contributed by atoms with Gasteiger partial charge in [-0.25, -0.2) is 4.68 Å². The van der Waals surface area contributed by atoms with Gasteiger partial charge in [0.25, 0.3) is 5.56 Å². The van der Waals surface area contributed by atoms with Gasteiger partial charge in [-0.05, 0) is 29.3 Å². The molecule has 0 aliphatic carbocycles. The highest BCUT2D eigenvalue weighted by atomic mass is 16.1. The quantitative estimate of drug-likeness (QED) is 0.705. The SMILES string of the molecule is CNc1cccc(Cn2nc(-c3ccc(CC=O)cc3)ccc2=O)c1. The molecule has 25 heavy (non-hydrogen) atoms. The minimum Gasteiger partial charge on any atom is -0.388 e. The van der Waals surface area contributed by atoms with Crippen LogP contribution in [0.1, 0.15) is 11.1 Å². The number of anilines is 1. The highest BCUT2D eigenvalue weighted by Gasteiger charge is 2.05. The Balaban J connectivity index is 1.89. The Kier molecular flexibility index (Phi) is 5.04. The molecule has 1 N–H and O–H groups in total. The molecule has 0 bridgehead atoms. The van der Waals surface area contributed by atoms with E-state index in [0.29, 0.717) is 13.0 Å². The minimum absolute atomic E-state index is 0.142. The van der Waals surface area contributed by atoms with Crippen LogP contribution in [0.3, 0.4) is 0 Å². The molecule has 3 aromatic rings. The maximum Gasteiger partial charge on any atom is 0.267 e. The fraction of sp³-hybridized carbons (Fsp3) is 0.150. The average molecular weight is 333 g/mol. The van der Waals surface area contributed by atoms with Crippen molar-refractivity contribution in [3.05, 3.63) is 82.1 Å². The third-order valence-corrected chi connectivity index (χ3v) is 3.98. The summed E-state index contributed by atoms with van der Waals surface area (Å²) in [6.07, 6.45) is 1.28. The number of aromatic nitrogens is 2. The number of hydrogen-bond donors (Lipinski definition) is 1. The first-order valence-electron chi connectivity index (χ1n) is 8.07. The summed E-state index contributed by atoms with van der Waals surface area (Å²) in [5.41, 5.74) is 4.44.